The molecule has 0 spiro atoms. The molecule has 0 saturated carbocycles. The van der Waals surface area contributed by atoms with E-state index in [1.165, 1.54) is 23.1 Å². The highest BCUT2D eigenvalue weighted by Crippen LogP contribution is 2.31. The number of nitrogens with one attached hydrogen (secondary N) is 1. The van der Waals surface area contributed by atoms with Crippen LogP contribution in [0.1, 0.15) is 51.1 Å². The maximum absolute atomic E-state index is 12.4. The molecule has 1 amide bonds. The van der Waals surface area contributed by atoms with Gasteiger partial charge in [-0.2, -0.15) is 0 Å². The van der Waals surface area contributed by atoms with Crippen molar-refractivity contribution < 1.29 is 14.3 Å². The van der Waals surface area contributed by atoms with Crippen molar-refractivity contribution in [2.45, 2.75) is 58.3 Å². The Morgan fingerprint density at radius 3 is 2.61 bits per heavy atom. The first kappa shape index (κ1) is 25.0. The van der Waals surface area contributed by atoms with Crippen molar-refractivity contribution in [3.05, 3.63) is 35.1 Å². The van der Waals surface area contributed by atoms with Crippen molar-refractivity contribution in [1.29, 1.82) is 0 Å². The summed E-state index contributed by atoms with van der Waals surface area (Å²) in [5.74, 6) is 2.40. The molecule has 0 saturated heterocycles. The summed E-state index contributed by atoms with van der Waals surface area (Å²) in [6, 6.07) is 7.50. The second-order valence-corrected chi connectivity index (χ2v) is 9.85. The third kappa shape index (κ3) is 6.91. The molecule has 3 aromatic rings. The van der Waals surface area contributed by atoms with E-state index in [-0.39, 0.29) is 17.8 Å². The lowest BCUT2D eigenvalue weighted by Gasteiger charge is -2.19. The van der Waals surface area contributed by atoms with E-state index in [9.17, 15) is 4.79 Å². The van der Waals surface area contributed by atoms with Gasteiger partial charge in [-0.05, 0) is 31.4 Å². The van der Waals surface area contributed by atoms with E-state index in [0.29, 0.717) is 40.1 Å². The van der Waals surface area contributed by atoms with E-state index in [4.69, 9.17) is 9.47 Å². The van der Waals surface area contributed by atoms with Crippen LogP contribution >= 0.6 is 23.1 Å². The van der Waals surface area contributed by atoms with Crippen LogP contribution in [0.2, 0.25) is 0 Å². The maximum Gasteiger partial charge on any atom is 0.236 e. The number of hydrogen-bond acceptors (Lipinski definition) is 9. The fourth-order valence-corrected chi connectivity index (χ4v) is 4.72. The lowest BCUT2D eigenvalue weighted by molar-refractivity contribution is -0.113. The first-order chi connectivity index (χ1) is 15.9. The summed E-state index contributed by atoms with van der Waals surface area (Å²) in [5, 5.41) is 21.8. The van der Waals surface area contributed by atoms with Gasteiger partial charge in [0.2, 0.25) is 11.0 Å². The van der Waals surface area contributed by atoms with E-state index in [0.717, 1.165) is 17.8 Å². The van der Waals surface area contributed by atoms with Crippen LogP contribution in [0, 0.1) is 5.92 Å². The van der Waals surface area contributed by atoms with Gasteiger partial charge < -0.3 is 14.0 Å². The number of aryl methyl sites for hydroxylation is 1. The van der Waals surface area contributed by atoms with Gasteiger partial charge in [0.25, 0.3) is 0 Å². The molecule has 0 fully saturated rings. The van der Waals surface area contributed by atoms with E-state index in [1.807, 2.05) is 35.8 Å². The second-order valence-electron chi connectivity index (χ2n) is 7.84. The third-order valence-corrected chi connectivity index (χ3v) is 6.40. The SMILES string of the molecule is CCCc1nnc(NC(=O)CSc2nnc(C(C)Oc3ccccc3OC)n2CC(C)C)s1. The molecule has 178 valence electrons. The van der Waals surface area contributed by atoms with Crippen molar-refractivity contribution >= 4 is 34.1 Å². The molecular formula is C22H30N6O3S2. The number of benzene rings is 1. The zero-order valence-electron chi connectivity index (χ0n) is 19.6. The molecule has 11 heteroatoms. The summed E-state index contributed by atoms with van der Waals surface area (Å²) < 4.78 is 13.5. The largest absolute Gasteiger partial charge is 0.493 e. The number of thioether (sulfide) groups is 1. The van der Waals surface area contributed by atoms with Crippen molar-refractivity contribution in [3.63, 3.8) is 0 Å². The highest BCUT2D eigenvalue weighted by Gasteiger charge is 2.22. The number of anilines is 1. The minimum atomic E-state index is -0.353. The molecule has 0 radical (unpaired) electrons. The van der Waals surface area contributed by atoms with Crippen molar-refractivity contribution in [1.82, 2.24) is 25.0 Å². The van der Waals surface area contributed by atoms with Crippen LogP contribution in [-0.4, -0.2) is 43.7 Å². The summed E-state index contributed by atoms with van der Waals surface area (Å²) in [7, 11) is 1.61. The molecule has 9 nitrogen and oxygen atoms in total. The summed E-state index contributed by atoms with van der Waals surface area (Å²) in [6.45, 7) is 8.97. The van der Waals surface area contributed by atoms with Gasteiger partial charge in [0.15, 0.2) is 28.6 Å². The number of nitrogens with zero attached hydrogens (tertiary/aromatic N) is 5. The Bertz CT molecular complexity index is 1050. The maximum atomic E-state index is 12.4. The summed E-state index contributed by atoms with van der Waals surface area (Å²) >= 11 is 2.75. The Balaban J connectivity index is 1.68. The van der Waals surface area contributed by atoms with Crippen molar-refractivity contribution in [3.8, 4) is 11.5 Å². The number of para-hydroxylation sites is 2. The van der Waals surface area contributed by atoms with Crippen LogP contribution in [0.25, 0.3) is 0 Å². The number of aromatic nitrogens is 5. The van der Waals surface area contributed by atoms with Crippen molar-refractivity contribution in [2.75, 3.05) is 18.2 Å². The van der Waals surface area contributed by atoms with E-state index in [2.05, 4.69) is 46.5 Å². The summed E-state index contributed by atoms with van der Waals surface area (Å²) in [4.78, 5) is 12.4. The van der Waals surface area contributed by atoms with Gasteiger partial charge in [0.1, 0.15) is 5.01 Å². The molecular weight excluding hydrogens is 460 g/mol. The highest BCUT2D eigenvalue weighted by molar-refractivity contribution is 7.99. The molecule has 0 bridgehead atoms. The number of rotatable bonds is 12. The average Bonchev–Trinajstić information content (AvgIpc) is 3.39. The quantitative estimate of drug-likeness (QED) is 0.367. The lowest BCUT2D eigenvalue weighted by Crippen LogP contribution is -2.17. The Morgan fingerprint density at radius 1 is 1.15 bits per heavy atom. The molecule has 2 aromatic heterocycles. The lowest BCUT2D eigenvalue weighted by atomic mass is 10.2. The molecule has 0 aliphatic carbocycles. The Labute approximate surface area is 202 Å². The first-order valence-corrected chi connectivity index (χ1v) is 12.7. The number of methoxy groups -OCH3 is 1. The Morgan fingerprint density at radius 2 is 1.91 bits per heavy atom. The molecule has 1 aromatic carbocycles. The van der Waals surface area contributed by atoms with E-state index < -0.39 is 0 Å². The molecule has 0 aliphatic heterocycles. The van der Waals surface area contributed by atoms with Gasteiger partial charge in [-0.1, -0.05) is 56.0 Å². The topological polar surface area (TPSA) is 104 Å². The van der Waals surface area contributed by atoms with Crippen molar-refractivity contribution in [2.24, 2.45) is 5.92 Å². The third-order valence-electron chi connectivity index (χ3n) is 4.54. The molecule has 1 atom stereocenters. The van der Waals surface area contributed by atoms with Gasteiger partial charge in [-0.15, -0.1) is 20.4 Å². The summed E-state index contributed by atoms with van der Waals surface area (Å²) in [6.07, 6.45) is 1.50. The van der Waals surface area contributed by atoms with Crippen LogP contribution in [0.4, 0.5) is 5.13 Å². The smallest absolute Gasteiger partial charge is 0.236 e. The van der Waals surface area contributed by atoms with Crippen LogP contribution in [0.15, 0.2) is 29.4 Å². The van der Waals surface area contributed by atoms with Gasteiger partial charge in [-0.25, -0.2) is 0 Å². The minimum Gasteiger partial charge on any atom is -0.493 e. The number of carbonyl (C=O) groups is 1. The van der Waals surface area contributed by atoms with Gasteiger partial charge in [-0.3, -0.25) is 10.1 Å². The Hall–Kier alpha value is -2.66. The van der Waals surface area contributed by atoms with Crippen LogP contribution in [0.3, 0.4) is 0 Å². The molecule has 33 heavy (non-hydrogen) atoms. The van der Waals surface area contributed by atoms with E-state index >= 15 is 0 Å². The normalized spacial score (nSPS) is 12.1. The standard InChI is InChI=1S/C22H30N6O3S2/c1-6-9-19-24-26-21(33-19)23-18(29)13-32-22-27-25-20(28(22)12-14(2)3)15(4)31-17-11-8-7-10-16(17)30-5/h7-8,10-11,14-15H,6,9,12-13H2,1-5H3,(H,23,26,29). The summed E-state index contributed by atoms with van der Waals surface area (Å²) in [5.41, 5.74) is 0. The molecule has 2 heterocycles. The molecule has 3 rings (SSSR count). The predicted octanol–water partition coefficient (Wildman–Crippen LogP) is 4.62. The first-order valence-electron chi connectivity index (χ1n) is 10.9. The van der Waals surface area contributed by atoms with Crippen LogP contribution in [0.5, 0.6) is 11.5 Å². The van der Waals surface area contributed by atoms with Crippen LogP contribution < -0.4 is 14.8 Å². The van der Waals surface area contributed by atoms with Gasteiger partial charge >= 0.3 is 0 Å². The fourth-order valence-electron chi connectivity index (χ4n) is 3.11. The second kappa shape index (κ2) is 12.0. The molecule has 0 aliphatic rings. The number of ether oxygens (including phenoxy) is 2. The predicted molar refractivity (Wildman–Crippen MR) is 130 cm³/mol. The number of carbonyl (C=O) groups excluding carboxylic acids is 1. The van der Waals surface area contributed by atoms with Gasteiger partial charge in [0.05, 0.1) is 12.9 Å². The highest BCUT2D eigenvalue weighted by atomic mass is 32.2. The molecule has 1 N–H and O–H groups in total. The fraction of sp³-hybridized carbons (Fsp3) is 0.500. The number of hydrogen-bond donors (Lipinski definition) is 1. The minimum absolute atomic E-state index is 0.154. The zero-order chi connectivity index (χ0) is 23.8. The monoisotopic (exact) mass is 490 g/mol. The van der Waals surface area contributed by atoms with Crippen LogP contribution in [-0.2, 0) is 17.8 Å². The molecule has 1 unspecified atom stereocenters. The van der Waals surface area contributed by atoms with E-state index in [1.54, 1.807) is 7.11 Å². The average molecular weight is 491 g/mol. The zero-order valence-corrected chi connectivity index (χ0v) is 21.2. The number of amides is 1. The van der Waals surface area contributed by atoms with Gasteiger partial charge in [0, 0.05) is 13.0 Å². The Kier molecular flexibility index (Phi) is 9.07.